The Bertz CT molecular complexity index is 258. The summed E-state index contributed by atoms with van der Waals surface area (Å²) in [5.74, 6) is 1.37. The first-order valence-electron chi connectivity index (χ1n) is 7.06. The minimum atomic E-state index is 0.578. The van der Waals surface area contributed by atoms with Crippen LogP contribution in [0.2, 0.25) is 0 Å². The molecule has 2 rings (SSSR count). The molecule has 0 amide bonds. The van der Waals surface area contributed by atoms with Crippen LogP contribution in [0.15, 0.2) is 4.99 Å². The van der Waals surface area contributed by atoms with Crippen LogP contribution in [0.1, 0.15) is 39.0 Å². The molecule has 0 bridgehead atoms. The van der Waals surface area contributed by atoms with Crippen molar-refractivity contribution in [1.82, 2.24) is 10.2 Å². The van der Waals surface area contributed by atoms with Gasteiger partial charge in [0.1, 0.15) is 0 Å². The third-order valence-corrected chi connectivity index (χ3v) is 4.04. The molecule has 0 aromatic heterocycles. The minimum absolute atomic E-state index is 0.578. The predicted octanol–water partition coefficient (Wildman–Crippen LogP) is 1.18. The van der Waals surface area contributed by atoms with Gasteiger partial charge in [-0.05, 0) is 38.3 Å². The lowest BCUT2D eigenvalue weighted by Crippen LogP contribution is -2.38. The van der Waals surface area contributed by atoms with Crippen LogP contribution in [0.3, 0.4) is 0 Å². The van der Waals surface area contributed by atoms with E-state index in [9.17, 15) is 0 Å². The number of likely N-dealkylation sites (tertiary alicyclic amines) is 1. The summed E-state index contributed by atoms with van der Waals surface area (Å²) in [5, 5.41) is 3.34. The highest BCUT2D eigenvalue weighted by Crippen LogP contribution is 2.18. The molecule has 1 aliphatic heterocycles. The molecule has 98 valence electrons. The molecule has 0 aromatic carbocycles. The minimum Gasteiger partial charge on any atom is -0.370 e. The van der Waals surface area contributed by atoms with Crippen molar-refractivity contribution in [2.24, 2.45) is 16.6 Å². The average Bonchev–Trinajstić information content (AvgIpc) is 2.96. The number of hydrogen-bond donors (Lipinski definition) is 2. The molecule has 0 radical (unpaired) electrons. The van der Waals surface area contributed by atoms with E-state index >= 15 is 0 Å². The lowest BCUT2D eigenvalue weighted by atomic mass is 10.1. The third-order valence-electron chi connectivity index (χ3n) is 4.04. The molecule has 1 atom stereocenters. The molecule has 3 N–H and O–H groups in total. The van der Waals surface area contributed by atoms with Crippen molar-refractivity contribution in [3.05, 3.63) is 0 Å². The van der Waals surface area contributed by atoms with Crippen molar-refractivity contribution in [3.8, 4) is 0 Å². The van der Waals surface area contributed by atoms with Crippen LogP contribution in [0.25, 0.3) is 0 Å². The Morgan fingerprint density at radius 1 is 1.35 bits per heavy atom. The van der Waals surface area contributed by atoms with E-state index in [1.807, 2.05) is 0 Å². The Hall–Kier alpha value is -0.770. The van der Waals surface area contributed by atoms with Crippen molar-refractivity contribution in [3.63, 3.8) is 0 Å². The van der Waals surface area contributed by atoms with Gasteiger partial charge >= 0.3 is 0 Å². The van der Waals surface area contributed by atoms with E-state index in [1.54, 1.807) is 0 Å². The van der Waals surface area contributed by atoms with Gasteiger partial charge in [-0.1, -0.05) is 19.8 Å². The summed E-state index contributed by atoms with van der Waals surface area (Å²) in [6.45, 7) is 6.70. The zero-order chi connectivity index (χ0) is 12.1. The molecule has 0 spiro atoms. The average molecular weight is 238 g/mol. The number of nitrogens with one attached hydrogen (secondary N) is 1. The Morgan fingerprint density at radius 2 is 2.12 bits per heavy atom. The van der Waals surface area contributed by atoms with E-state index in [1.165, 1.54) is 45.2 Å². The standard InChI is InChI=1S/C13H26N4/c1-2-17-8-7-11(10-17)9-15-13(14)16-12-5-3-4-6-12/h11-12H,2-10H2,1H3,(H3,14,15,16). The summed E-state index contributed by atoms with van der Waals surface area (Å²) in [5.41, 5.74) is 5.92. The fraction of sp³-hybridized carbons (Fsp3) is 0.923. The zero-order valence-corrected chi connectivity index (χ0v) is 11.0. The third kappa shape index (κ3) is 3.87. The van der Waals surface area contributed by atoms with Gasteiger partial charge in [-0.25, -0.2) is 0 Å². The Labute approximate surface area is 105 Å². The normalized spacial score (nSPS) is 27.8. The first kappa shape index (κ1) is 12.7. The lowest BCUT2D eigenvalue weighted by molar-refractivity contribution is 0.343. The van der Waals surface area contributed by atoms with Crippen LogP contribution < -0.4 is 11.1 Å². The number of rotatable bonds is 4. The molecule has 2 fully saturated rings. The maximum Gasteiger partial charge on any atom is 0.188 e. The van der Waals surface area contributed by atoms with Crippen LogP contribution in [-0.4, -0.2) is 43.1 Å². The van der Waals surface area contributed by atoms with E-state index in [2.05, 4.69) is 22.1 Å². The maximum absolute atomic E-state index is 5.92. The summed E-state index contributed by atoms with van der Waals surface area (Å²) < 4.78 is 0. The van der Waals surface area contributed by atoms with Gasteiger partial charge in [-0.3, -0.25) is 4.99 Å². The Morgan fingerprint density at radius 3 is 2.76 bits per heavy atom. The zero-order valence-electron chi connectivity index (χ0n) is 11.0. The number of hydrogen-bond acceptors (Lipinski definition) is 2. The number of nitrogens with two attached hydrogens (primary N) is 1. The van der Waals surface area contributed by atoms with E-state index in [0.29, 0.717) is 17.9 Å². The molecule has 1 saturated carbocycles. The van der Waals surface area contributed by atoms with E-state index in [4.69, 9.17) is 5.73 Å². The van der Waals surface area contributed by atoms with Crippen LogP contribution in [-0.2, 0) is 0 Å². The second-order valence-electron chi connectivity index (χ2n) is 5.40. The Kier molecular flexibility index (Phi) is 4.66. The van der Waals surface area contributed by atoms with Crippen LogP contribution >= 0.6 is 0 Å². The molecular formula is C13H26N4. The molecule has 1 heterocycles. The highest BCUT2D eigenvalue weighted by Gasteiger charge is 2.21. The summed E-state index contributed by atoms with van der Waals surface area (Å²) in [6.07, 6.45) is 6.44. The Balaban J connectivity index is 1.68. The second-order valence-corrected chi connectivity index (χ2v) is 5.40. The van der Waals surface area contributed by atoms with Crippen molar-refractivity contribution < 1.29 is 0 Å². The van der Waals surface area contributed by atoms with Crippen molar-refractivity contribution in [1.29, 1.82) is 0 Å². The first-order valence-corrected chi connectivity index (χ1v) is 7.06. The molecular weight excluding hydrogens is 212 g/mol. The molecule has 4 heteroatoms. The number of guanidine groups is 1. The molecule has 17 heavy (non-hydrogen) atoms. The molecule has 2 aliphatic rings. The van der Waals surface area contributed by atoms with Crippen LogP contribution in [0.5, 0.6) is 0 Å². The number of nitrogens with zero attached hydrogens (tertiary/aromatic N) is 2. The van der Waals surface area contributed by atoms with Gasteiger partial charge in [0.2, 0.25) is 0 Å². The smallest absolute Gasteiger partial charge is 0.188 e. The highest BCUT2D eigenvalue weighted by atomic mass is 15.2. The fourth-order valence-corrected chi connectivity index (χ4v) is 2.90. The monoisotopic (exact) mass is 238 g/mol. The van der Waals surface area contributed by atoms with E-state index in [0.717, 1.165) is 13.1 Å². The van der Waals surface area contributed by atoms with Crippen molar-refractivity contribution >= 4 is 5.96 Å². The molecule has 1 aliphatic carbocycles. The quantitative estimate of drug-likeness (QED) is 0.571. The van der Waals surface area contributed by atoms with Gasteiger partial charge in [0.25, 0.3) is 0 Å². The molecule has 1 unspecified atom stereocenters. The lowest BCUT2D eigenvalue weighted by Gasteiger charge is -2.14. The van der Waals surface area contributed by atoms with Gasteiger partial charge in [0.15, 0.2) is 5.96 Å². The molecule has 4 nitrogen and oxygen atoms in total. The largest absolute Gasteiger partial charge is 0.370 e. The fourth-order valence-electron chi connectivity index (χ4n) is 2.90. The highest BCUT2D eigenvalue weighted by molar-refractivity contribution is 5.78. The summed E-state index contributed by atoms with van der Waals surface area (Å²) in [7, 11) is 0. The van der Waals surface area contributed by atoms with E-state index in [-0.39, 0.29) is 0 Å². The first-order chi connectivity index (χ1) is 8.28. The van der Waals surface area contributed by atoms with Crippen molar-refractivity contribution in [2.75, 3.05) is 26.2 Å². The second kappa shape index (κ2) is 6.24. The maximum atomic E-state index is 5.92. The van der Waals surface area contributed by atoms with Crippen LogP contribution in [0, 0.1) is 5.92 Å². The van der Waals surface area contributed by atoms with Gasteiger partial charge in [-0.15, -0.1) is 0 Å². The predicted molar refractivity (Wildman–Crippen MR) is 72.1 cm³/mol. The molecule has 0 aromatic rings. The SMILES string of the molecule is CCN1CCC(CN=C(N)NC2CCCC2)C1. The van der Waals surface area contributed by atoms with Gasteiger partial charge < -0.3 is 16.0 Å². The number of aliphatic imine (C=N–C) groups is 1. The van der Waals surface area contributed by atoms with Gasteiger partial charge in [0.05, 0.1) is 0 Å². The van der Waals surface area contributed by atoms with Gasteiger partial charge in [-0.2, -0.15) is 0 Å². The van der Waals surface area contributed by atoms with Crippen LogP contribution in [0.4, 0.5) is 0 Å². The molecule has 1 saturated heterocycles. The van der Waals surface area contributed by atoms with Crippen molar-refractivity contribution in [2.45, 2.75) is 45.1 Å². The topological polar surface area (TPSA) is 53.6 Å². The summed E-state index contributed by atoms with van der Waals surface area (Å²) in [6, 6.07) is 0.578. The summed E-state index contributed by atoms with van der Waals surface area (Å²) >= 11 is 0. The van der Waals surface area contributed by atoms with E-state index < -0.39 is 0 Å². The van der Waals surface area contributed by atoms with Gasteiger partial charge in [0, 0.05) is 19.1 Å². The summed E-state index contributed by atoms with van der Waals surface area (Å²) in [4.78, 5) is 6.98.